The SMILES string of the molecule is Oc1cccc(OCCc2ccccc2)c1. The van der Waals surface area contributed by atoms with E-state index in [0.29, 0.717) is 12.4 Å². The summed E-state index contributed by atoms with van der Waals surface area (Å²) in [5.41, 5.74) is 1.25. The molecule has 0 radical (unpaired) electrons. The van der Waals surface area contributed by atoms with Crippen molar-refractivity contribution >= 4 is 0 Å². The van der Waals surface area contributed by atoms with Gasteiger partial charge in [0, 0.05) is 12.5 Å². The Hall–Kier alpha value is -1.96. The second kappa shape index (κ2) is 5.21. The molecule has 0 aromatic heterocycles. The first-order valence-electron chi connectivity index (χ1n) is 5.30. The number of ether oxygens (including phenoxy) is 1. The molecule has 0 atom stereocenters. The van der Waals surface area contributed by atoms with E-state index in [0.717, 1.165) is 6.42 Å². The summed E-state index contributed by atoms with van der Waals surface area (Å²) in [7, 11) is 0. The zero-order valence-electron chi connectivity index (χ0n) is 8.97. The lowest BCUT2D eigenvalue weighted by Crippen LogP contribution is -2.00. The fourth-order valence-electron chi connectivity index (χ4n) is 1.50. The fourth-order valence-corrected chi connectivity index (χ4v) is 1.50. The normalized spacial score (nSPS) is 10.0. The van der Waals surface area contributed by atoms with E-state index < -0.39 is 0 Å². The summed E-state index contributed by atoms with van der Waals surface area (Å²) in [5.74, 6) is 0.938. The molecule has 0 fully saturated rings. The largest absolute Gasteiger partial charge is 0.508 e. The molecule has 2 aromatic rings. The molecule has 0 spiro atoms. The van der Waals surface area contributed by atoms with Gasteiger partial charge in [-0.2, -0.15) is 0 Å². The highest BCUT2D eigenvalue weighted by molar-refractivity contribution is 5.31. The van der Waals surface area contributed by atoms with Crippen LogP contribution in [-0.4, -0.2) is 11.7 Å². The Morgan fingerprint density at radius 1 is 0.938 bits per heavy atom. The quantitative estimate of drug-likeness (QED) is 0.847. The van der Waals surface area contributed by atoms with Crippen molar-refractivity contribution in [3.05, 3.63) is 60.2 Å². The Balaban J connectivity index is 1.85. The monoisotopic (exact) mass is 214 g/mol. The summed E-state index contributed by atoms with van der Waals surface area (Å²) in [6.07, 6.45) is 0.872. The lowest BCUT2D eigenvalue weighted by Gasteiger charge is -2.06. The number of hydrogen-bond donors (Lipinski definition) is 1. The number of hydrogen-bond acceptors (Lipinski definition) is 2. The van der Waals surface area contributed by atoms with Crippen LogP contribution in [0.2, 0.25) is 0 Å². The van der Waals surface area contributed by atoms with Crippen molar-refractivity contribution in [1.29, 1.82) is 0 Å². The summed E-state index contributed by atoms with van der Waals surface area (Å²) in [5, 5.41) is 9.25. The van der Waals surface area contributed by atoms with Crippen LogP contribution in [0.5, 0.6) is 11.5 Å². The smallest absolute Gasteiger partial charge is 0.122 e. The third-order valence-electron chi connectivity index (χ3n) is 2.32. The van der Waals surface area contributed by atoms with E-state index in [9.17, 15) is 5.11 Å². The number of aromatic hydroxyl groups is 1. The second-order valence-electron chi connectivity index (χ2n) is 3.58. The molecule has 2 nitrogen and oxygen atoms in total. The van der Waals surface area contributed by atoms with Gasteiger partial charge in [-0.05, 0) is 17.7 Å². The van der Waals surface area contributed by atoms with Crippen molar-refractivity contribution in [2.24, 2.45) is 0 Å². The third-order valence-corrected chi connectivity index (χ3v) is 2.32. The lowest BCUT2D eigenvalue weighted by molar-refractivity contribution is 0.320. The molecule has 2 aromatic carbocycles. The molecule has 0 unspecified atom stereocenters. The maximum absolute atomic E-state index is 9.25. The van der Waals surface area contributed by atoms with Gasteiger partial charge in [0.05, 0.1) is 6.61 Å². The van der Waals surface area contributed by atoms with Gasteiger partial charge in [-0.1, -0.05) is 36.4 Å². The van der Waals surface area contributed by atoms with Crippen LogP contribution in [0.15, 0.2) is 54.6 Å². The number of phenolic OH excluding ortho intramolecular Hbond substituents is 1. The predicted octanol–water partition coefficient (Wildman–Crippen LogP) is 3.01. The van der Waals surface area contributed by atoms with Crippen LogP contribution < -0.4 is 4.74 Å². The minimum Gasteiger partial charge on any atom is -0.508 e. The van der Waals surface area contributed by atoms with E-state index in [1.807, 2.05) is 24.3 Å². The van der Waals surface area contributed by atoms with Gasteiger partial charge in [0.25, 0.3) is 0 Å². The molecule has 0 aliphatic rings. The highest BCUT2D eigenvalue weighted by atomic mass is 16.5. The van der Waals surface area contributed by atoms with Gasteiger partial charge in [0.2, 0.25) is 0 Å². The molecule has 0 saturated carbocycles. The minimum absolute atomic E-state index is 0.234. The van der Waals surface area contributed by atoms with Gasteiger partial charge < -0.3 is 9.84 Å². The molecular formula is C14H14O2. The van der Waals surface area contributed by atoms with Gasteiger partial charge in [-0.25, -0.2) is 0 Å². The van der Waals surface area contributed by atoms with Crippen LogP contribution in [0.25, 0.3) is 0 Å². The van der Waals surface area contributed by atoms with E-state index in [2.05, 4.69) is 12.1 Å². The van der Waals surface area contributed by atoms with Crippen molar-refractivity contribution < 1.29 is 9.84 Å². The summed E-state index contributed by atoms with van der Waals surface area (Å²) < 4.78 is 5.53. The highest BCUT2D eigenvalue weighted by Gasteiger charge is 1.96. The van der Waals surface area contributed by atoms with Crippen LogP contribution in [0.3, 0.4) is 0 Å². The first-order chi connectivity index (χ1) is 7.84. The summed E-state index contributed by atoms with van der Waals surface area (Å²) in [6.45, 7) is 0.619. The Bertz CT molecular complexity index is 437. The van der Waals surface area contributed by atoms with Crippen molar-refractivity contribution in [2.45, 2.75) is 6.42 Å². The van der Waals surface area contributed by atoms with Crippen molar-refractivity contribution in [1.82, 2.24) is 0 Å². The third kappa shape index (κ3) is 3.02. The zero-order valence-corrected chi connectivity index (χ0v) is 8.97. The van der Waals surface area contributed by atoms with Gasteiger partial charge in [-0.15, -0.1) is 0 Å². The molecule has 1 N–H and O–H groups in total. The molecule has 0 aliphatic heterocycles. The Morgan fingerprint density at radius 3 is 2.50 bits per heavy atom. The lowest BCUT2D eigenvalue weighted by atomic mass is 10.2. The van der Waals surface area contributed by atoms with Gasteiger partial charge in [-0.3, -0.25) is 0 Å². The van der Waals surface area contributed by atoms with Crippen molar-refractivity contribution in [3.8, 4) is 11.5 Å². The summed E-state index contributed by atoms with van der Waals surface area (Å²) in [6, 6.07) is 17.0. The molecule has 2 heteroatoms. The molecule has 0 bridgehead atoms. The van der Waals surface area contributed by atoms with Crippen molar-refractivity contribution in [2.75, 3.05) is 6.61 Å². The fraction of sp³-hybridized carbons (Fsp3) is 0.143. The second-order valence-corrected chi connectivity index (χ2v) is 3.58. The molecule has 0 amide bonds. The van der Waals surface area contributed by atoms with Crippen LogP contribution >= 0.6 is 0 Å². The average molecular weight is 214 g/mol. The summed E-state index contributed by atoms with van der Waals surface area (Å²) >= 11 is 0. The van der Waals surface area contributed by atoms with E-state index >= 15 is 0 Å². The minimum atomic E-state index is 0.234. The van der Waals surface area contributed by atoms with E-state index in [1.54, 1.807) is 18.2 Å². The topological polar surface area (TPSA) is 29.5 Å². The standard InChI is InChI=1S/C14H14O2/c15-13-7-4-8-14(11-13)16-10-9-12-5-2-1-3-6-12/h1-8,11,15H,9-10H2. The van der Waals surface area contributed by atoms with Crippen LogP contribution in [0, 0.1) is 0 Å². The molecule has 0 heterocycles. The number of benzene rings is 2. The van der Waals surface area contributed by atoms with Gasteiger partial charge in [0.1, 0.15) is 11.5 Å². The van der Waals surface area contributed by atoms with Crippen LogP contribution in [0.1, 0.15) is 5.56 Å². The molecular weight excluding hydrogens is 200 g/mol. The molecule has 0 saturated heterocycles. The number of phenols is 1. The molecule has 0 aliphatic carbocycles. The van der Waals surface area contributed by atoms with E-state index in [4.69, 9.17) is 4.74 Å². The Morgan fingerprint density at radius 2 is 1.75 bits per heavy atom. The van der Waals surface area contributed by atoms with Crippen LogP contribution in [0.4, 0.5) is 0 Å². The summed E-state index contributed by atoms with van der Waals surface area (Å²) in [4.78, 5) is 0. The number of rotatable bonds is 4. The maximum atomic E-state index is 9.25. The van der Waals surface area contributed by atoms with Gasteiger partial charge >= 0.3 is 0 Å². The average Bonchev–Trinajstić information content (AvgIpc) is 2.30. The molecule has 2 rings (SSSR count). The maximum Gasteiger partial charge on any atom is 0.122 e. The van der Waals surface area contributed by atoms with E-state index in [-0.39, 0.29) is 5.75 Å². The van der Waals surface area contributed by atoms with Gasteiger partial charge in [0.15, 0.2) is 0 Å². The Labute approximate surface area is 95.1 Å². The Kier molecular flexibility index (Phi) is 3.44. The predicted molar refractivity (Wildman–Crippen MR) is 63.7 cm³/mol. The zero-order chi connectivity index (χ0) is 11.2. The first kappa shape index (κ1) is 10.6. The van der Waals surface area contributed by atoms with E-state index in [1.165, 1.54) is 5.56 Å². The molecule has 16 heavy (non-hydrogen) atoms. The van der Waals surface area contributed by atoms with Crippen molar-refractivity contribution in [3.63, 3.8) is 0 Å². The highest BCUT2D eigenvalue weighted by Crippen LogP contribution is 2.17. The first-order valence-corrected chi connectivity index (χ1v) is 5.30. The van der Waals surface area contributed by atoms with Crippen LogP contribution in [-0.2, 0) is 6.42 Å². The molecule has 82 valence electrons.